The summed E-state index contributed by atoms with van der Waals surface area (Å²) in [5.41, 5.74) is 0.435. The molecule has 1 saturated heterocycles. The summed E-state index contributed by atoms with van der Waals surface area (Å²) in [4.78, 5) is 22.2. The molecule has 0 bridgehead atoms. The number of carbonyl (C=O) groups is 1. The van der Waals surface area contributed by atoms with Gasteiger partial charge < -0.3 is 9.64 Å². The Morgan fingerprint density at radius 2 is 2.00 bits per heavy atom. The molecule has 2 heterocycles. The lowest BCUT2D eigenvalue weighted by atomic mass is 9.93. The Morgan fingerprint density at radius 1 is 1.36 bits per heavy atom. The van der Waals surface area contributed by atoms with Crippen LogP contribution in [0.2, 0.25) is 0 Å². The Kier molecular flexibility index (Phi) is 5.16. The number of nitrogens with zero attached hydrogens (tertiary/aromatic N) is 3. The third kappa shape index (κ3) is 4.50. The Balaban J connectivity index is 1.96. The number of amides is 1. The van der Waals surface area contributed by atoms with Crippen molar-refractivity contribution < 1.29 is 13.7 Å². The Hall–Kier alpha value is -1.50. The summed E-state index contributed by atoms with van der Waals surface area (Å²) in [7, 11) is -1.18. The van der Waals surface area contributed by atoms with Gasteiger partial charge in [-0.05, 0) is 39.7 Å². The molecule has 1 aliphatic rings. The van der Waals surface area contributed by atoms with Crippen LogP contribution in [0.4, 0.5) is 4.79 Å². The van der Waals surface area contributed by atoms with Gasteiger partial charge in [0, 0.05) is 37.2 Å². The molecule has 7 heteroatoms. The number of piperidine rings is 1. The van der Waals surface area contributed by atoms with E-state index in [4.69, 9.17) is 4.74 Å². The number of likely N-dealkylation sites (tertiary alicyclic amines) is 1. The van der Waals surface area contributed by atoms with E-state index in [1.54, 1.807) is 17.4 Å². The van der Waals surface area contributed by atoms with Gasteiger partial charge in [0.15, 0.2) is 0 Å². The largest absolute Gasteiger partial charge is 0.444 e. The van der Waals surface area contributed by atoms with Gasteiger partial charge in [0.25, 0.3) is 0 Å². The van der Waals surface area contributed by atoms with Crippen molar-refractivity contribution in [1.82, 2.24) is 14.9 Å². The molecular weight excluding hydrogens is 302 g/mol. The summed E-state index contributed by atoms with van der Waals surface area (Å²) in [5, 5.41) is 0.368. The van der Waals surface area contributed by atoms with Crippen LogP contribution >= 0.6 is 0 Å². The van der Waals surface area contributed by atoms with E-state index in [0.717, 1.165) is 18.5 Å². The van der Waals surface area contributed by atoms with Crippen molar-refractivity contribution in [2.75, 3.05) is 19.3 Å². The van der Waals surface area contributed by atoms with Gasteiger partial charge in [-0.1, -0.05) is 0 Å². The molecule has 0 saturated carbocycles. The van der Waals surface area contributed by atoms with Crippen molar-refractivity contribution in [1.29, 1.82) is 0 Å². The maximum atomic E-state index is 12.0. The van der Waals surface area contributed by atoms with E-state index in [-0.39, 0.29) is 12.0 Å². The Labute approximate surface area is 133 Å². The normalized spacial score (nSPS) is 18.1. The van der Waals surface area contributed by atoms with Crippen LogP contribution in [0.25, 0.3) is 0 Å². The van der Waals surface area contributed by atoms with E-state index < -0.39 is 16.4 Å². The topological polar surface area (TPSA) is 72.4 Å². The van der Waals surface area contributed by atoms with Crippen molar-refractivity contribution in [3.05, 3.63) is 18.0 Å². The van der Waals surface area contributed by atoms with Crippen LogP contribution < -0.4 is 0 Å². The first-order chi connectivity index (χ1) is 10.3. The highest BCUT2D eigenvalue weighted by Gasteiger charge is 2.28. The summed E-state index contributed by atoms with van der Waals surface area (Å²) in [6.45, 7) is 6.89. The highest BCUT2D eigenvalue weighted by Crippen LogP contribution is 2.27. The van der Waals surface area contributed by atoms with Gasteiger partial charge in [-0.3, -0.25) is 4.21 Å². The number of aromatic nitrogens is 2. The maximum absolute atomic E-state index is 12.0. The van der Waals surface area contributed by atoms with Crippen LogP contribution in [0.3, 0.4) is 0 Å². The van der Waals surface area contributed by atoms with Crippen molar-refractivity contribution >= 4 is 16.9 Å². The fraction of sp³-hybridized carbons (Fsp3) is 0.667. The number of ether oxygens (including phenoxy) is 1. The zero-order valence-corrected chi connectivity index (χ0v) is 14.4. The molecule has 0 aliphatic carbocycles. The number of carbonyl (C=O) groups excluding carboxylic acids is 1. The van der Waals surface area contributed by atoms with E-state index in [9.17, 15) is 9.00 Å². The molecule has 1 aliphatic heterocycles. The van der Waals surface area contributed by atoms with Crippen LogP contribution in [-0.4, -0.2) is 50.1 Å². The molecule has 0 radical (unpaired) electrons. The van der Waals surface area contributed by atoms with Gasteiger partial charge in [0.05, 0.1) is 10.8 Å². The first-order valence-electron chi connectivity index (χ1n) is 7.40. The van der Waals surface area contributed by atoms with Crippen LogP contribution in [0.15, 0.2) is 17.4 Å². The highest BCUT2D eigenvalue weighted by atomic mass is 32.2. The second-order valence-electron chi connectivity index (χ2n) is 6.46. The fourth-order valence-electron chi connectivity index (χ4n) is 2.40. The zero-order valence-electron chi connectivity index (χ0n) is 13.5. The smallest absolute Gasteiger partial charge is 0.410 e. The summed E-state index contributed by atoms with van der Waals surface area (Å²) in [6, 6.07) is 1.87. The van der Waals surface area contributed by atoms with Gasteiger partial charge in [0.1, 0.15) is 5.60 Å². The third-order valence-corrected chi connectivity index (χ3v) is 4.19. The van der Waals surface area contributed by atoms with Gasteiger partial charge in [-0.25, -0.2) is 14.8 Å². The molecule has 0 aromatic carbocycles. The molecule has 1 aromatic heterocycles. The fourth-order valence-corrected chi connectivity index (χ4v) is 2.85. The minimum atomic E-state index is -1.18. The average Bonchev–Trinajstić information content (AvgIpc) is 2.46. The van der Waals surface area contributed by atoms with Crippen molar-refractivity contribution in [3.63, 3.8) is 0 Å². The molecule has 0 spiro atoms. The summed E-state index contributed by atoms with van der Waals surface area (Å²) >= 11 is 0. The quantitative estimate of drug-likeness (QED) is 0.780. The molecule has 2 rings (SSSR count). The van der Waals surface area contributed by atoms with Gasteiger partial charge in [-0.15, -0.1) is 0 Å². The second kappa shape index (κ2) is 6.73. The first-order valence-corrected chi connectivity index (χ1v) is 8.96. The standard InChI is InChI=1S/C15H23N3O3S/c1-15(2,3)21-14(19)18-9-6-11(7-10-18)12-5-8-16-13(17-12)22(4)20/h5,8,11H,6-7,9-10H2,1-4H3. The molecule has 1 atom stereocenters. The lowest BCUT2D eigenvalue weighted by molar-refractivity contribution is 0.0204. The van der Waals surface area contributed by atoms with E-state index >= 15 is 0 Å². The van der Waals surface area contributed by atoms with E-state index in [1.807, 2.05) is 26.8 Å². The van der Waals surface area contributed by atoms with Gasteiger partial charge in [0.2, 0.25) is 5.16 Å². The minimum absolute atomic E-state index is 0.260. The second-order valence-corrected chi connectivity index (χ2v) is 7.73. The van der Waals surface area contributed by atoms with Crippen molar-refractivity contribution in [2.45, 2.75) is 50.3 Å². The molecular formula is C15H23N3O3S. The molecule has 1 amide bonds. The monoisotopic (exact) mass is 325 g/mol. The van der Waals surface area contributed by atoms with E-state index in [0.29, 0.717) is 18.2 Å². The van der Waals surface area contributed by atoms with E-state index in [2.05, 4.69) is 9.97 Å². The number of hydrogen-bond acceptors (Lipinski definition) is 5. The highest BCUT2D eigenvalue weighted by molar-refractivity contribution is 7.84. The molecule has 122 valence electrons. The SMILES string of the molecule is CS(=O)c1nccc(C2CCN(C(=O)OC(C)(C)C)CC2)n1. The van der Waals surface area contributed by atoms with Crippen LogP contribution in [0, 0.1) is 0 Å². The Morgan fingerprint density at radius 3 is 2.55 bits per heavy atom. The van der Waals surface area contributed by atoms with Gasteiger partial charge in [-0.2, -0.15) is 0 Å². The molecule has 1 unspecified atom stereocenters. The summed E-state index contributed by atoms with van der Waals surface area (Å²) < 4.78 is 16.9. The lowest BCUT2D eigenvalue weighted by Gasteiger charge is -2.33. The minimum Gasteiger partial charge on any atom is -0.444 e. The molecule has 6 nitrogen and oxygen atoms in total. The molecule has 0 N–H and O–H groups in total. The van der Waals surface area contributed by atoms with Crippen molar-refractivity contribution in [2.24, 2.45) is 0 Å². The van der Waals surface area contributed by atoms with Crippen LogP contribution in [0.5, 0.6) is 0 Å². The first kappa shape index (κ1) is 16.9. The molecule has 22 heavy (non-hydrogen) atoms. The predicted molar refractivity (Wildman–Crippen MR) is 84.1 cm³/mol. The maximum Gasteiger partial charge on any atom is 0.410 e. The number of rotatable bonds is 2. The lowest BCUT2D eigenvalue weighted by Crippen LogP contribution is -2.41. The zero-order chi connectivity index (χ0) is 16.3. The summed E-state index contributed by atoms with van der Waals surface area (Å²) in [5.74, 6) is 0.268. The third-order valence-electron chi connectivity index (χ3n) is 3.48. The van der Waals surface area contributed by atoms with Gasteiger partial charge >= 0.3 is 6.09 Å². The predicted octanol–water partition coefficient (Wildman–Crippen LogP) is 2.33. The van der Waals surface area contributed by atoms with Crippen LogP contribution in [-0.2, 0) is 15.5 Å². The Bertz CT molecular complexity index is 563. The average molecular weight is 325 g/mol. The molecule has 1 aromatic rings. The summed E-state index contributed by atoms with van der Waals surface area (Å²) in [6.07, 6.45) is 4.62. The molecule has 1 fully saturated rings. The number of hydrogen-bond donors (Lipinski definition) is 0. The van der Waals surface area contributed by atoms with E-state index in [1.165, 1.54) is 0 Å². The van der Waals surface area contributed by atoms with Crippen molar-refractivity contribution in [3.8, 4) is 0 Å². The van der Waals surface area contributed by atoms with Crippen LogP contribution in [0.1, 0.15) is 45.2 Å².